The van der Waals surface area contributed by atoms with Gasteiger partial charge < -0.3 is 5.73 Å². The van der Waals surface area contributed by atoms with Crippen molar-refractivity contribution >= 4 is 23.7 Å². The van der Waals surface area contributed by atoms with E-state index in [0.717, 1.165) is 0 Å². The molecule has 0 atom stereocenters. The van der Waals surface area contributed by atoms with E-state index in [0.29, 0.717) is 16.9 Å². The van der Waals surface area contributed by atoms with Crippen LogP contribution in [-0.2, 0) is 0 Å². The number of nitrogens with zero attached hydrogens (tertiary/aromatic N) is 3. The summed E-state index contributed by atoms with van der Waals surface area (Å²) in [6.07, 6.45) is 6.16. The first-order valence-electron chi connectivity index (χ1n) is 5.15. The van der Waals surface area contributed by atoms with Gasteiger partial charge in [0, 0.05) is 17.8 Å². The molecule has 0 saturated carbocycles. The molecule has 0 aliphatic heterocycles. The van der Waals surface area contributed by atoms with Gasteiger partial charge in [0.2, 0.25) is 0 Å². The van der Waals surface area contributed by atoms with Crippen molar-refractivity contribution in [2.24, 2.45) is 0 Å². The molecule has 0 amide bonds. The summed E-state index contributed by atoms with van der Waals surface area (Å²) >= 11 is 0. The highest BCUT2D eigenvalue weighted by Gasteiger charge is 2.09. The third-order valence-electron chi connectivity index (χ3n) is 2.35. The molecule has 6 nitrogen and oxygen atoms in total. The lowest BCUT2D eigenvalue weighted by Gasteiger charge is -1.98. The molecule has 2 aromatic rings. The molecular weight excluding hydrogens is 232 g/mol. The van der Waals surface area contributed by atoms with E-state index < -0.39 is 4.92 Å². The van der Waals surface area contributed by atoms with Crippen LogP contribution in [-0.4, -0.2) is 14.9 Å². The third-order valence-corrected chi connectivity index (χ3v) is 2.35. The summed E-state index contributed by atoms with van der Waals surface area (Å²) in [7, 11) is 0. The van der Waals surface area contributed by atoms with Crippen LogP contribution in [0.4, 0.5) is 11.5 Å². The van der Waals surface area contributed by atoms with E-state index in [-0.39, 0.29) is 5.69 Å². The summed E-state index contributed by atoms with van der Waals surface area (Å²) in [5, 5.41) is 10.8. The molecule has 0 radical (unpaired) electrons. The number of hydrogen-bond donors (Lipinski definition) is 1. The normalized spacial score (nSPS) is 10.7. The van der Waals surface area contributed by atoms with Crippen LogP contribution >= 0.6 is 0 Å². The Hall–Kier alpha value is -2.76. The monoisotopic (exact) mass is 242 g/mol. The Morgan fingerprint density at radius 3 is 2.67 bits per heavy atom. The molecular formula is C12H10N4O2. The summed E-state index contributed by atoms with van der Waals surface area (Å²) in [6, 6.07) is 6.46. The fourth-order valence-corrected chi connectivity index (χ4v) is 1.45. The molecule has 0 aliphatic rings. The minimum absolute atomic E-state index is 0.0455. The number of rotatable bonds is 3. The zero-order valence-electron chi connectivity index (χ0n) is 9.35. The van der Waals surface area contributed by atoms with Crippen LogP contribution in [0.2, 0.25) is 0 Å². The number of nitrogens with two attached hydrogens (primary N) is 1. The molecule has 2 N–H and O–H groups in total. The van der Waals surface area contributed by atoms with E-state index >= 15 is 0 Å². The maximum Gasteiger partial charge on any atom is 0.276 e. The van der Waals surface area contributed by atoms with Crippen LogP contribution in [0.25, 0.3) is 12.2 Å². The number of hydrogen-bond acceptors (Lipinski definition) is 5. The first kappa shape index (κ1) is 11.7. The fourth-order valence-electron chi connectivity index (χ4n) is 1.45. The first-order chi connectivity index (χ1) is 8.68. The SMILES string of the molecule is Nc1ncncc1/C=C/c1ccccc1[N+](=O)[O-]. The van der Waals surface area contributed by atoms with Gasteiger partial charge in [0.05, 0.1) is 10.5 Å². The topological polar surface area (TPSA) is 94.9 Å². The third kappa shape index (κ3) is 2.49. The standard InChI is InChI=1S/C12H10N4O2/c13-12-10(7-14-8-15-12)6-5-9-3-1-2-4-11(9)16(17)18/h1-8H,(H2,13,14,15)/b6-5+. The van der Waals surface area contributed by atoms with Crippen LogP contribution in [0, 0.1) is 10.1 Å². The Morgan fingerprint density at radius 1 is 1.22 bits per heavy atom. The maximum absolute atomic E-state index is 10.8. The summed E-state index contributed by atoms with van der Waals surface area (Å²) in [6.45, 7) is 0. The molecule has 1 aromatic heterocycles. The molecule has 0 spiro atoms. The summed E-state index contributed by atoms with van der Waals surface area (Å²) in [4.78, 5) is 18.1. The second kappa shape index (κ2) is 5.05. The van der Waals surface area contributed by atoms with E-state index in [4.69, 9.17) is 5.73 Å². The largest absolute Gasteiger partial charge is 0.383 e. The molecule has 1 heterocycles. The molecule has 6 heteroatoms. The predicted molar refractivity (Wildman–Crippen MR) is 68.5 cm³/mol. The Morgan fingerprint density at radius 2 is 1.94 bits per heavy atom. The van der Waals surface area contributed by atoms with Crippen LogP contribution < -0.4 is 5.73 Å². The first-order valence-corrected chi connectivity index (χ1v) is 5.15. The Labute approximate surface area is 103 Å². The predicted octanol–water partition coefficient (Wildman–Crippen LogP) is 2.14. The molecule has 18 heavy (non-hydrogen) atoms. The van der Waals surface area contributed by atoms with E-state index in [1.165, 1.54) is 12.4 Å². The zero-order chi connectivity index (χ0) is 13.0. The van der Waals surface area contributed by atoms with Gasteiger partial charge >= 0.3 is 0 Å². The van der Waals surface area contributed by atoms with Gasteiger partial charge in [-0.2, -0.15) is 0 Å². The van der Waals surface area contributed by atoms with E-state index in [1.807, 2.05) is 0 Å². The minimum Gasteiger partial charge on any atom is -0.383 e. The van der Waals surface area contributed by atoms with Crippen molar-refractivity contribution in [3.63, 3.8) is 0 Å². The number of para-hydroxylation sites is 1. The lowest BCUT2D eigenvalue weighted by atomic mass is 10.1. The average molecular weight is 242 g/mol. The van der Waals surface area contributed by atoms with Crippen LogP contribution in [0.3, 0.4) is 0 Å². The van der Waals surface area contributed by atoms with E-state index in [2.05, 4.69) is 9.97 Å². The fraction of sp³-hybridized carbons (Fsp3) is 0. The number of benzene rings is 1. The van der Waals surface area contributed by atoms with E-state index in [1.54, 1.807) is 36.5 Å². The summed E-state index contributed by atoms with van der Waals surface area (Å²) < 4.78 is 0. The van der Waals surface area contributed by atoms with Crippen molar-refractivity contribution in [1.29, 1.82) is 0 Å². The van der Waals surface area contributed by atoms with Crippen molar-refractivity contribution in [3.05, 3.63) is 58.0 Å². The molecule has 1 aromatic carbocycles. The van der Waals surface area contributed by atoms with Gasteiger partial charge in [0.1, 0.15) is 12.1 Å². The highest BCUT2D eigenvalue weighted by Crippen LogP contribution is 2.20. The second-order valence-electron chi connectivity index (χ2n) is 3.51. The quantitative estimate of drug-likeness (QED) is 0.657. The highest BCUT2D eigenvalue weighted by molar-refractivity contribution is 5.76. The molecule has 0 fully saturated rings. The molecule has 0 unspecified atom stereocenters. The van der Waals surface area contributed by atoms with Gasteiger partial charge in [0.15, 0.2) is 0 Å². The van der Waals surface area contributed by atoms with Crippen LogP contribution in [0.15, 0.2) is 36.8 Å². The molecule has 0 saturated heterocycles. The summed E-state index contributed by atoms with van der Waals surface area (Å²) in [5.74, 6) is 0.333. The number of nitro groups is 1. The summed E-state index contributed by atoms with van der Waals surface area (Å²) in [5.41, 5.74) is 6.82. The van der Waals surface area contributed by atoms with Crippen molar-refractivity contribution in [3.8, 4) is 0 Å². The molecule has 2 rings (SSSR count). The van der Waals surface area contributed by atoms with E-state index in [9.17, 15) is 10.1 Å². The lowest BCUT2D eigenvalue weighted by molar-refractivity contribution is -0.385. The van der Waals surface area contributed by atoms with Gasteiger partial charge in [-0.05, 0) is 18.2 Å². The van der Waals surface area contributed by atoms with Crippen molar-refractivity contribution in [2.45, 2.75) is 0 Å². The minimum atomic E-state index is -0.426. The number of nitro benzene ring substituents is 1. The molecule has 0 bridgehead atoms. The number of aromatic nitrogens is 2. The van der Waals surface area contributed by atoms with Gasteiger partial charge in [-0.15, -0.1) is 0 Å². The Balaban J connectivity index is 2.35. The highest BCUT2D eigenvalue weighted by atomic mass is 16.6. The number of nitrogen functional groups attached to an aromatic ring is 1. The lowest BCUT2D eigenvalue weighted by Crippen LogP contribution is -1.94. The Kier molecular flexibility index (Phi) is 3.29. The van der Waals surface area contributed by atoms with Gasteiger partial charge in [-0.1, -0.05) is 12.1 Å². The van der Waals surface area contributed by atoms with Gasteiger partial charge in [-0.25, -0.2) is 9.97 Å². The molecule has 0 aliphatic carbocycles. The van der Waals surface area contributed by atoms with Crippen molar-refractivity contribution < 1.29 is 4.92 Å². The average Bonchev–Trinajstić information content (AvgIpc) is 2.38. The Bertz CT molecular complexity index is 611. The van der Waals surface area contributed by atoms with Crippen molar-refractivity contribution in [2.75, 3.05) is 5.73 Å². The van der Waals surface area contributed by atoms with Gasteiger partial charge in [0.25, 0.3) is 5.69 Å². The molecule has 90 valence electrons. The second-order valence-corrected chi connectivity index (χ2v) is 3.51. The number of anilines is 1. The maximum atomic E-state index is 10.8. The van der Waals surface area contributed by atoms with Crippen LogP contribution in [0.1, 0.15) is 11.1 Å². The van der Waals surface area contributed by atoms with Crippen molar-refractivity contribution in [1.82, 2.24) is 9.97 Å². The van der Waals surface area contributed by atoms with Crippen LogP contribution in [0.5, 0.6) is 0 Å². The zero-order valence-corrected chi connectivity index (χ0v) is 9.35. The van der Waals surface area contributed by atoms with Gasteiger partial charge in [-0.3, -0.25) is 10.1 Å². The smallest absolute Gasteiger partial charge is 0.276 e.